The van der Waals surface area contributed by atoms with E-state index in [1.165, 1.54) is 41.9 Å². The van der Waals surface area contributed by atoms with Crippen molar-refractivity contribution in [2.75, 3.05) is 13.7 Å². The van der Waals surface area contributed by atoms with Crippen LogP contribution in [0.3, 0.4) is 0 Å². The molecule has 0 saturated heterocycles. The fraction of sp³-hybridized carbons (Fsp3) is 0.290. The molecule has 0 unspecified atom stereocenters. The molecule has 7 rings (SSSR count). The molecule has 0 atom stereocenters. The number of nitrogens with zero attached hydrogens (tertiary/aromatic N) is 2. The van der Waals surface area contributed by atoms with E-state index in [-0.39, 0.29) is 0 Å². The van der Waals surface area contributed by atoms with Gasteiger partial charge in [-0.1, -0.05) is 19.3 Å². The number of rotatable bonds is 4. The lowest BCUT2D eigenvalue weighted by Crippen LogP contribution is -2.08. The Hall–Kier alpha value is -3.84. The molecule has 0 bridgehead atoms. The highest BCUT2D eigenvalue weighted by Crippen LogP contribution is 2.50. The van der Waals surface area contributed by atoms with E-state index in [0.29, 0.717) is 23.9 Å². The zero-order valence-corrected chi connectivity index (χ0v) is 22.0. The van der Waals surface area contributed by atoms with Gasteiger partial charge in [0.2, 0.25) is 0 Å². The SMILES string of the molecule is COc1ccc(-c2ccc3c4c(ccc3n2)-c2c(C3CCCCC3)c3sc(C(=O)O)cc3n2CCO4)cc1. The summed E-state index contributed by atoms with van der Waals surface area (Å²) in [6.07, 6.45) is 5.99. The highest BCUT2D eigenvalue weighted by Gasteiger charge is 2.31. The van der Waals surface area contributed by atoms with E-state index >= 15 is 0 Å². The van der Waals surface area contributed by atoms with Crippen LogP contribution in [0.15, 0.2) is 54.6 Å². The first-order valence-electron chi connectivity index (χ1n) is 13.2. The normalized spacial score (nSPS) is 15.6. The summed E-state index contributed by atoms with van der Waals surface area (Å²) in [5.74, 6) is 1.27. The van der Waals surface area contributed by atoms with Crippen LogP contribution in [0.1, 0.15) is 53.3 Å². The Morgan fingerprint density at radius 2 is 1.89 bits per heavy atom. The Morgan fingerprint density at radius 1 is 1.08 bits per heavy atom. The fourth-order valence-corrected chi connectivity index (χ4v) is 7.35. The topological polar surface area (TPSA) is 73.6 Å². The molecule has 1 aliphatic carbocycles. The zero-order chi connectivity index (χ0) is 25.8. The van der Waals surface area contributed by atoms with Crippen LogP contribution in [-0.2, 0) is 6.54 Å². The number of thiophene rings is 1. The van der Waals surface area contributed by atoms with Gasteiger partial charge in [-0.25, -0.2) is 9.78 Å². The van der Waals surface area contributed by atoms with Crippen LogP contribution >= 0.6 is 11.3 Å². The van der Waals surface area contributed by atoms with E-state index < -0.39 is 5.97 Å². The largest absolute Gasteiger partial charge is 0.497 e. The van der Waals surface area contributed by atoms with Crippen LogP contribution in [0, 0.1) is 0 Å². The summed E-state index contributed by atoms with van der Waals surface area (Å²) < 4.78 is 15.2. The second-order valence-corrected chi connectivity index (χ2v) is 11.2. The number of methoxy groups -OCH3 is 1. The molecule has 2 aromatic carbocycles. The molecule has 5 aromatic rings. The molecular weight excluding hydrogens is 496 g/mol. The number of benzene rings is 2. The number of hydrogen-bond acceptors (Lipinski definition) is 5. The summed E-state index contributed by atoms with van der Waals surface area (Å²) >= 11 is 1.42. The Balaban J connectivity index is 1.41. The van der Waals surface area contributed by atoms with Gasteiger partial charge in [0.25, 0.3) is 0 Å². The van der Waals surface area contributed by atoms with Crippen molar-refractivity contribution in [2.45, 2.75) is 44.6 Å². The van der Waals surface area contributed by atoms with E-state index in [4.69, 9.17) is 14.5 Å². The molecule has 4 heterocycles. The van der Waals surface area contributed by atoms with Crippen LogP contribution in [0.2, 0.25) is 0 Å². The minimum Gasteiger partial charge on any atom is -0.497 e. The second kappa shape index (κ2) is 9.17. The predicted octanol–water partition coefficient (Wildman–Crippen LogP) is 7.73. The number of hydrogen-bond donors (Lipinski definition) is 1. The molecule has 6 nitrogen and oxygen atoms in total. The lowest BCUT2D eigenvalue weighted by molar-refractivity contribution is 0.0702. The average molecular weight is 525 g/mol. The maximum Gasteiger partial charge on any atom is 0.345 e. The summed E-state index contributed by atoms with van der Waals surface area (Å²) in [6.45, 7) is 1.20. The first-order valence-corrected chi connectivity index (χ1v) is 14.0. The van der Waals surface area contributed by atoms with Gasteiger partial charge in [0.1, 0.15) is 23.0 Å². The van der Waals surface area contributed by atoms with Crippen molar-refractivity contribution in [3.8, 4) is 34.0 Å². The lowest BCUT2D eigenvalue weighted by atomic mass is 9.83. The van der Waals surface area contributed by atoms with Gasteiger partial charge in [-0.2, -0.15) is 0 Å². The van der Waals surface area contributed by atoms with Gasteiger partial charge in [0.05, 0.1) is 40.8 Å². The van der Waals surface area contributed by atoms with Gasteiger partial charge in [0, 0.05) is 16.5 Å². The summed E-state index contributed by atoms with van der Waals surface area (Å²) in [4.78, 5) is 17.2. The molecule has 192 valence electrons. The first-order chi connectivity index (χ1) is 18.6. The van der Waals surface area contributed by atoms with Crippen molar-refractivity contribution in [3.63, 3.8) is 0 Å². The van der Waals surface area contributed by atoms with Gasteiger partial charge < -0.3 is 19.1 Å². The Labute approximate surface area is 224 Å². The smallest absolute Gasteiger partial charge is 0.345 e. The number of carboxylic acid groups (broad SMARTS) is 1. The van der Waals surface area contributed by atoms with E-state index in [1.807, 2.05) is 30.3 Å². The molecule has 38 heavy (non-hydrogen) atoms. The molecule has 1 aliphatic heterocycles. The van der Waals surface area contributed by atoms with E-state index in [1.54, 1.807) is 7.11 Å². The number of carbonyl (C=O) groups is 1. The van der Waals surface area contributed by atoms with Crippen LogP contribution in [0.25, 0.3) is 43.6 Å². The third-order valence-electron chi connectivity index (χ3n) is 8.02. The number of ether oxygens (including phenoxy) is 2. The van der Waals surface area contributed by atoms with Gasteiger partial charge >= 0.3 is 5.97 Å². The number of fused-ring (bicyclic) bond motifs is 7. The first kappa shape index (κ1) is 23.3. The molecule has 0 radical (unpaired) electrons. The summed E-state index contributed by atoms with van der Waals surface area (Å²) in [7, 11) is 1.67. The molecular formula is C31H28N2O4S. The van der Waals surface area contributed by atoms with Crippen LogP contribution < -0.4 is 9.47 Å². The number of pyridine rings is 1. The Kier molecular flexibility index (Phi) is 5.62. The maximum atomic E-state index is 11.9. The number of carboxylic acids is 1. The van der Waals surface area contributed by atoms with Crippen LogP contribution in [-0.4, -0.2) is 34.3 Å². The van der Waals surface area contributed by atoms with Crippen molar-refractivity contribution in [1.82, 2.24) is 9.55 Å². The summed E-state index contributed by atoms with van der Waals surface area (Å²) in [5.41, 5.74) is 7.44. The standard InChI is InChI=1S/C31H28N2O4S/c1-36-20-9-7-18(8-10-20)23-13-11-21-24(32-23)14-12-22-28-27(19-5-3-2-4-6-19)30-25(17-26(38-30)31(34)35)33(28)15-16-37-29(21)22/h7-14,17,19H,2-6,15-16H2,1H3,(H,34,35). The molecule has 2 aliphatic rings. The second-order valence-electron chi connectivity index (χ2n) is 10.2. The Morgan fingerprint density at radius 3 is 2.66 bits per heavy atom. The minimum atomic E-state index is -0.856. The number of aromatic carboxylic acids is 1. The zero-order valence-electron chi connectivity index (χ0n) is 21.2. The van der Waals surface area contributed by atoms with E-state index in [9.17, 15) is 9.90 Å². The van der Waals surface area contributed by atoms with Crippen molar-refractivity contribution in [3.05, 3.63) is 65.0 Å². The third-order valence-corrected chi connectivity index (χ3v) is 9.17. The number of aromatic nitrogens is 2. The van der Waals surface area contributed by atoms with Crippen molar-refractivity contribution in [1.29, 1.82) is 0 Å². The molecule has 3 aromatic heterocycles. The van der Waals surface area contributed by atoms with Gasteiger partial charge in [-0.05, 0) is 78.9 Å². The maximum absolute atomic E-state index is 11.9. The molecule has 0 amide bonds. The monoisotopic (exact) mass is 524 g/mol. The Bertz CT molecular complexity index is 1690. The van der Waals surface area contributed by atoms with Gasteiger partial charge in [-0.15, -0.1) is 11.3 Å². The molecule has 1 N–H and O–H groups in total. The predicted molar refractivity (Wildman–Crippen MR) is 151 cm³/mol. The third kappa shape index (κ3) is 3.68. The average Bonchev–Trinajstić information content (AvgIpc) is 3.45. The minimum absolute atomic E-state index is 0.404. The molecule has 0 spiro atoms. The van der Waals surface area contributed by atoms with Crippen LogP contribution in [0.5, 0.6) is 11.5 Å². The van der Waals surface area contributed by atoms with Gasteiger partial charge in [0.15, 0.2) is 0 Å². The quantitative estimate of drug-likeness (QED) is 0.260. The fourth-order valence-electron chi connectivity index (χ4n) is 6.23. The van der Waals surface area contributed by atoms with Crippen LogP contribution in [0.4, 0.5) is 0 Å². The summed E-state index contributed by atoms with van der Waals surface area (Å²) in [6, 6.07) is 18.2. The molecule has 1 saturated carbocycles. The highest BCUT2D eigenvalue weighted by atomic mass is 32.1. The van der Waals surface area contributed by atoms with E-state index in [2.05, 4.69) is 28.8 Å². The summed E-state index contributed by atoms with van der Waals surface area (Å²) in [5, 5.41) is 10.7. The highest BCUT2D eigenvalue weighted by molar-refractivity contribution is 7.21. The van der Waals surface area contributed by atoms with Crippen molar-refractivity contribution >= 4 is 38.4 Å². The molecule has 7 heteroatoms. The lowest BCUT2D eigenvalue weighted by Gasteiger charge is -2.23. The van der Waals surface area contributed by atoms with Crippen molar-refractivity contribution in [2.24, 2.45) is 0 Å². The van der Waals surface area contributed by atoms with Crippen molar-refractivity contribution < 1.29 is 19.4 Å². The van der Waals surface area contributed by atoms with Gasteiger partial charge in [-0.3, -0.25) is 0 Å². The molecule has 1 fully saturated rings. The van der Waals surface area contributed by atoms with E-state index in [0.717, 1.165) is 62.3 Å².